The third kappa shape index (κ3) is 4.12. The maximum absolute atomic E-state index is 11.5. The summed E-state index contributed by atoms with van der Waals surface area (Å²) in [6.45, 7) is 6.65. The summed E-state index contributed by atoms with van der Waals surface area (Å²) < 4.78 is 1.84. The van der Waals surface area contributed by atoms with Crippen LogP contribution in [0.3, 0.4) is 0 Å². The number of fused-ring (bicyclic) bond motifs is 1. The molecule has 164 valence electrons. The lowest BCUT2D eigenvalue weighted by Crippen LogP contribution is -2.15. The monoisotopic (exact) mass is 432 g/mol. The van der Waals surface area contributed by atoms with Gasteiger partial charge in [-0.25, -0.2) is 9.78 Å². The number of benzene rings is 2. The topological polar surface area (TPSA) is 121 Å². The molecule has 0 amide bonds. The zero-order valence-electron chi connectivity index (χ0n) is 18.1. The highest BCUT2D eigenvalue weighted by molar-refractivity contribution is 5.96. The quantitative estimate of drug-likeness (QED) is 0.431. The Hall–Kier alpha value is -3.94. The molecule has 0 radical (unpaired) electrons. The fraction of sp³-hybridized carbons (Fsp3) is 0.250. The maximum Gasteiger partial charge on any atom is 0.336 e. The summed E-state index contributed by atoms with van der Waals surface area (Å²) >= 11 is 0. The van der Waals surface area contributed by atoms with E-state index in [1.165, 1.54) is 0 Å². The van der Waals surface area contributed by atoms with Crippen molar-refractivity contribution in [3.8, 4) is 22.9 Å². The Morgan fingerprint density at radius 3 is 2.28 bits per heavy atom. The molecule has 8 nitrogen and oxygen atoms in total. The van der Waals surface area contributed by atoms with E-state index in [0.29, 0.717) is 29.9 Å². The Kier molecular flexibility index (Phi) is 5.30. The standard InChI is InChI=1S/C24H24N4O4/c1-24(2,3)12-18-25-19-20(22(30)27-26-21(19)29)28(18)13-14-8-10-15(11-9-14)16-6-4-5-7-17(16)23(31)32/h4-11H,12-13H2,1-3H3,(H,26,29)(H,27,30)(H,31,32). The molecule has 2 aromatic heterocycles. The average Bonchev–Trinajstić information content (AvgIpc) is 3.09. The highest BCUT2D eigenvalue weighted by atomic mass is 16.4. The maximum atomic E-state index is 11.5. The molecule has 8 heteroatoms. The molecule has 2 aromatic carbocycles. The van der Waals surface area contributed by atoms with E-state index < -0.39 is 5.97 Å². The van der Waals surface area contributed by atoms with Gasteiger partial charge in [0.2, 0.25) is 0 Å². The predicted octanol–water partition coefficient (Wildman–Crippen LogP) is 4.24. The van der Waals surface area contributed by atoms with Crippen LogP contribution in [0.4, 0.5) is 0 Å². The van der Waals surface area contributed by atoms with Crippen LogP contribution in [-0.2, 0) is 13.0 Å². The van der Waals surface area contributed by atoms with E-state index in [1.807, 2.05) is 34.9 Å². The van der Waals surface area contributed by atoms with Crippen molar-refractivity contribution in [1.29, 1.82) is 0 Å². The number of nitrogens with zero attached hydrogens (tertiary/aromatic N) is 4. The molecule has 0 spiro atoms. The van der Waals surface area contributed by atoms with E-state index in [4.69, 9.17) is 0 Å². The van der Waals surface area contributed by atoms with Gasteiger partial charge in [-0.3, -0.25) is 0 Å². The second-order valence-electron chi connectivity index (χ2n) is 8.94. The van der Waals surface area contributed by atoms with Gasteiger partial charge in [0.1, 0.15) is 11.3 Å². The van der Waals surface area contributed by atoms with E-state index in [-0.39, 0.29) is 28.3 Å². The van der Waals surface area contributed by atoms with Gasteiger partial charge in [-0.15, -0.1) is 10.2 Å². The third-order valence-electron chi connectivity index (χ3n) is 5.16. The van der Waals surface area contributed by atoms with Gasteiger partial charge in [0.15, 0.2) is 5.52 Å². The Balaban J connectivity index is 1.75. The van der Waals surface area contributed by atoms with E-state index in [1.54, 1.807) is 18.2 Å². The van der Waals surface area contributed by atoms with Gasteiger partial charge in [-0.1, -0.05) is 63.2 Å². The summed E-state index contributed by atoms with van der Waals surface area (Å²) in [5.41, 5.74) is 3.07. The molecule has 2 heterocycles. The molecule has 0 aliphatic heterocycles. The third-order valence-corrected chi connectivity index (χ3v) is 5.16. The molecule has 0 unspecified atom stereocenters. The number of imidazole rings is 1. The molecular weight excluding hydrogens is 408 g/mol. The molecule has 0 saturated carbocycles. The fourth-order valence-electron chi connectivity index (χ4n) is 3.74. The second-order valence-corrected chi connectivity index (χ2v) is 8.94. The summed E-state index contributed by atoms with van der Waals surface area (Å²) in [7, 11) is 0. The lowest BCUT2D eigenvalue weighted by molar-refractivity contribution is 0.0697. The van der Waals surface area contributed by atoms with Crippen LogP contribution in [0.5, 0.6) is 11.8 Å². The molecule has 0 bridgehead atoms. The lowest BCUT2D eigenvalue weighted by atomic mass is 9.92. The summed E-state index contributed by atoms with van der Waals surface area (Å²) in [6, 6.07) is 14.4. The van der Waals surface area contributed by atoms with Gasteiger partial charge in [-0.05, 0) is 28.2 Å². The van der Waals surface area contributed by atoms with Gasteiger partial charge in [0.25, 0.3) is 11.8 Å². The van der Waals surface area contributed by atoms with Crippen molar-refractivity contribution in [2.75, 3.05) is 0 Å². The van der Waals surface area contributed by atoms with Crippen molar-refractivity contribution in [3.05, 3.63) is 65.5 Å². The van der Waals surface area contributed by atoms with Crippen molar-refractivity contribution in [2.24, 2.45) is 5.41 Å². The van der Waals surface area contributed by atoms with Crippen molar-refractivity contribution in [1.82, 2.24) is 19.7 Å². The number of aromatic hydroxyl groups is 2. The number of carboxylic acid groups (broad SMARTS) is 1. The Bertz CT molecular complexity index is 1300. The molecule has 0 saturated heterocycles. The zero-order chi connectivity index (χ0) is 23.0. The van der Waals surface area contributed by atoms with Gasteiger partial charge in [0.05, 0.1) is 5.56 Å². The number of carbonyl (C=O) groups is 1. The summed E-state index contributed by atoms with van der Waals surface area (Å²) in [5.74, 6) is -0.893. The minimum absolute atomic E-state index is 0.0738. The van der Waals surface area contributed by atoms with Crippen LogP contribution in [0.2, 0.25) is 0 Å². The van der Waals surface area contributed by atoms with Crippen LogP contribution >= 0.6 is 0 Å². The largest absolute Gasteiger partial charge is 0.491 e. The first-order chi connectivity index (χ1) is 15.1. The normalized spacial score (nSPS) is 11.7. The van der Waals surface area contributed by atoms with Crippen LogP contribution < -0.4 is 0 Å². The van der Waals surface area contributed by atoms with E-state index >= 15 is 0 Å². The first kappa shape index (κ1) is 21.3. The zero-order valence-corrected chi connectivity index (χ0v) is 18.1. The van der Waals surface area contributed by atoms with E-state index in [2.05, 4.69) is 36.0 Å². The van der Waals surface area contributed by atoms with Crippen LogP contribution in [-0.4, -0.2) is 41.0 Å². The number of rotatable bonds is 5. The first-order valence-electron chi connectivity index (χ1n) is 10.2. The molecule has 3 N–H and O–H groups in total. The van der Waals surface area contributed by atoms with E-state index in [9.17, 15) is 20.1 Å². The van der Waals surface area contributed by atoms with Gasteiger partial charge >= 0.3 is 5.97 Å². The molecule has 4 rings (SSSR count). The SMILES string of the molecule is CC(C)(C)Cc1nc2c(O)nnc(O)c2n1Cc1ccc(-c2ccccc2C(=O)O)cc1. The molecule has 32 heavy (non-hydrogen) atoms. The van der Waals surface area contributed by atoms with Gasteiger partial charge in [0, 0.05) is 13.0 Å². The molecule has 4 aromatic rings. The second kappa shape index (κ2) is 7.96. The molecule has 0 aliphatic carbocycles. The molecule has 0 fully saturated rings. The highest BCUT2D eigenvalue weighted by Crippen LogP contribution is 2.32. The van der Waals surface area contributed by atoms with Crippen LogP contribution in [0.25, 0.3) is 22.2 Å². The minimum atomic E-state index is -0.974. The Morgan fingerprint density at radius 1 is 0.969 bits per heavy atom. The van der Waals surface area contributed by atoms with Crippen LogP contribution in [0, 0.1) is 5.41 Å². The number of hydrogen-bond acceptors (Lipinski definition) is 6. The fourth-order valence-corrected chi connectivity index (χ4v) is 3.74. The first-order valence-corrected chi connectivity index (χ1v) is 10.2. The number of aromatic nitrogens is 4. The molecule has 0 aliphatic rings. The Morgan fingerprint density at radius 2 is 1.62 bits per heavy atom. The molecular formula is C24H24N4O4. The molecule has 0 atom stereocenters. The van der Waals surface area contributed by atoms with Crippen molar-refractivity contribution < 1.29 is 20.1 Å². The predicted molar refractivity (Wildman–Crippen MR) is 120 cm³/mol. The van der Waals surface area contributed by atoms with Gasteiger partial charge < -0.3 is 19.9 Å². The summed E-state index contributed by atoms with van der Waals surface area (Å²) in [4.78, 5) is 16.1. The van der Waals surface area contributed by atoms with Gasteiger partial charge in [-0.2, -0.15) is 0 Å². The van der Waals surface area contributed by atoms with Crippen molar-refractivity contribution >= 4 is 17.0 Å². The number of hydrogen-bond donors (Lipinski definition) is 3. The minimum Gasteiger partial charge on any atom is -0.491 e. The van der Waals surface area contributed by atoms with Crippen LogP contribution in [0.1, 0.15) is 42.5 Å². The summed E-state index contributed by atoms with van der Waals surface area (Å²) in [6.07, 6.45) is 0.616. The smallest absolute Gasteiger partial charge is 0.336 e. The highest BCUT2D eigenvalue weighted by Gasteiger charge is 2.23. The van der Waals surface area contributed by atoms with Crippen LogP contribution in [0.15, 0.2) is 48.5 Å². The number of aromatic carboxylic acids is 1. The Labute approximate surface area is 184 Å². The average molecular weight is 432 g/mol. The number of carboxylic acids is 1. The van der Waals surface area contributed by atoms with E-state index in [0.717, 1.165) is 11.1 Å². The van der Waals surface area contributed by atoms with Crippen molar-refractivity contribution in [3.63, 3.8) is 0 Å². The van der Waals surface area contributed by atoms with Crippen molar-refractivity contribution in [2.45, 2.75) is 33.7 Å². The lowest BCUT2D eigenvalue weighted by Gasteiger charge is -2.19. The summed E-state index contributed by atoms with van der Waals surface area (Å²) in [5, 5.41) is 37.1.